The van der Waals surface area contributed by atoms with Crippen molar-refractivity contribution in [2.45, 2.75) is 0 Å². The number of hydrogen-bond donors (Lipinski definition) is 0. The topological polar surface area (TPSA) is 48.4 Å². The molecule has 1 aromatic rings. The molecule has 1 heterocycles. The van der Waals surface area contributed by atoms with Gasteiger partial charge in [0, 0.05) is 0 Å². The molecule has 0 spiro atoms. The van der Waals surface area contributed by atoms with E-state index in [1.807, 2.05) is 0 Å². The molecule has 0 fully saturated rings. The van der Waals surface area contributed by atoms with E-state index in [4.69, 9.17) is 4.74 Å². The Balaban J connectivity index is 2.92. The van der Waals surface area contributed by atoms with Crippen LogP contribution in [0.1, 0.15) is 10.5 Å². The standard InChI is InChI=1S/C6H7NO3S/c1-9-5(8)4-6(10-2)11-3-7-4/h3H,1-2H3. The highest BCUT2D eigenvalue weighted by molar-refractivity contribution is 7.11. The van der Waals surface area contributed by atoms with Gasteiger partial charge in [0.25, 0.3) is 0 Å². The van der Waals surface area contributed by atoms with Crippen molar-refractivity contribution in [2.75, 3.05) is 14.2 Å². The summed E-state index contributed by atoms with van der Waals surface area (Å²) >= 11 is 1.26. The van der Waals surface area contributed by atoms with Crippen LogP contribution < -0.4 is 4.74 Å². The highest BCUT2D eigenvalue weighted by Gasteiger charge is 2.14. The van der Waals surface area contributed by atoms with Gasteiger partial charge in [-0.05, 0) is 0 Å². The van der Waals surface area contributed by atoms with E-state index in [2.05, 4.69) is 9.72 Å². The molecule has 0 bridgehead atoms. The molecule has 0 atom stereocenters. The molecule has 0 unspecified atom stereocenters. The van der Waals surface area contributed by atoms with Crippen LogP contribution in [-0.4, -0.2) is 25.2 Å². The lowest BCUT2D eigenvalue weighted by Gasteiger charge is -1.96. The van der Waals surface area contributed by atoms with Crippen molar-refractivity contribution >= 4 is 17.3 Å². The van der Waals surface area contributed by atoms with Crippen molar-refractivity contribution in [2.24, 2.45) is 0 Å². The number of rotatable bonds is 2. The molecule has 0 N–H and O–H groups in total. The number of methoxy groups -OCH3 is 2. The highest BCUT2D eigenvalue weighted by atomic mass is 32.1. The molecule has 0 saturated carbocycles. The molecule has 1 rings (SSSR count). The van der Waals surface area contributed by atoms with Gasteiger partial charge in [0.2, 0.25) is 10.8 Å². The lowest BCUT2D eigenvalue weighted by atomic mass is 10.5. The van der Waals surface area contributed by atoms with Crippen LogP contribution in [0.4, 0.5) is 0 Å². The summed E-state index contributed by atoms with van der Waals surface area (Å²) in [4.78, 5) is 14.7. The first-order valence-corrected chi connectivity index (χ1v) is 3.73. The first-order chi connectivity index (χ1) is 5.29. The molecule has 0 radical (unpaired) electrons. The Bertz CT molecular complexity index is 258. The van der Waals surface area contributed by atoms with Crippen LogP contribution in [0.15, 0.2) is 5.51 Å². The van der Waals surface area contributed by atoms with Crippen LogP contribution in [0.2, 0.25) is 0 Å². The molecule has 0 amide bonds. The number of carbonyl (C=O) groups excluding carboxylic acids is 1. The van der Waals surface area contributed by atoms with Gasteiger partial charge in [0.1, 0.15) is 0 Å². The second-order valence-electron chi connectivity index (χ2n) is 1.68. The summed E-state index contributed by atoms with van der Waals surface area (Å²) < 4.78 is 9.33. The van der Waals surface area contributed by atoms with Crippen molar-refractivity contribution in [3.05, 3.63) is 11.2 Å². The maximum Gasteiger partial charge on any atom is 0.361 e. The zero-order valence-corrected chi connectivity index (χ0v) is 6.97. The Hall–Kier alpha value is -1.10. The van der Waals surface area contributed by atoms with Gasteiger partial charge < -0.3 is 9.47 Å². The minimum atomic E-state index is -0.469. The van der Waals surface area contributed by atoms with Gasteiger partial charge >= 0.3 is 5.97 Å². The molecule has 1 aromatic heterocycles. The van der Waals surface area contributed by atoms with Crippen LogP contribution in [0, 0.1) is 0 Å². The maximum absolute atomic E-state index is 10.9. The van der Waals surface area contributed by atoms with Gasteiger partial charge in [-0.25, -0.2) is 9.78 Å². The molecule has 60 valence electrons. The molecular weight excluding hydrogens is 166 g/mol. The van der Waals surface area contributed by atoms with Gasteiger partial charge in [-0.15, -0.1) is 0 Å². The average Bonchev–Trinajstić information content (AvgIpc) is 2.50. The van der Waals surface area contributed by atoms with Crippen LogP contribution in [-0.2, 0) is 4.74 Å². The Labute approximate surface area is 67.8 Å². The summed E-state index contributed by atoms with van der Waals surface area (Å²) in [6.07, 6.45) is 0. The first kappa shape index (κ1) is 8.00. The SMILES string of the molecule is COC(=O)c1ncsc1OC. The van der Waals surface area contributed by atoms with Gasteiger partial charge in [-0.3, -0.25) is 0 Å². The Morgan fingerprint density at radius 3 is 2.91 bits per heavy atom. The number of aromatic nitrogens is 1. The van der Waals surface area contributed by atoms with E-state index in [1.165, 1.54) is 31.1 Å². The summed E-state index contributed by atoms with van der Waals surface area (Å²) in [5.41, 5.74) is 1.77. The zero-order valence-electron chi connectivity index (χ0n) is 6.16. The van der Waals surface area contributed by atoms with E-state index in [0.29, 0.717) is 5.06 Å². The average molecular weight is 173 g/mol. The second kappa shape index (κ2) is 3.34. The van der Waals surface area contributed by atoms with Crippen molar-refractivity contribution in [3.63, 3.8) is 0 Å². The number of nitrogens with zero attached hydrogens (tertiary/aromatic N) is 1. The molecule has 5 heteroatoms. The number of thiazole rings is 1. The Kier molecular flexibility index (Phi) is 2.43. The van der Waals surface area contributed by atoms with Gasteiger partial charge in [0.15, 0.2) is 0 Å². The van der Waals surface area contributed by atoms with E-state index >= 15 is 0 Å². The molecule has 4 nitrogen and oxygen atoms in total. The highest BCUT2D eigenvalue weighted by Crippen LogP contribution is 2.22. The molecule has 0 aliphatic rings. The molecular formula is C6H7NO3S. The third-order valence-corrected chi connectivity index (χ3v) is 1.88. The van der Waals surface area contributed by atoms with Crippen LogP contribution in [0.5, 0.6) is 5.06 Å². The number of esters is 1. The van der Waals surface area contributed by atoms with E-state index in [1.54, 1.807) is 0 Å². The molecule has 11 heavy (non-hydrogen) atoms. The fourth-order valence-corrected chi connectivity index (χ4v) is 1.21. The lowest BCUT2D eigenvalue weighted by molar-refractivity contribution is 0.0591. The minimum Gasteiger partial charge on any atom is -0.485 e. The maximum atomic E-state index is 10.9. The fraction of sp³-hybridized carbons (Fsp3) is 0.333. The third kappa shape index (κ3) is 1.48. The van der Waals surface area contributed by atoms with Gasteiger partial charge in [-0.1, -0.05) is 11.3 Å². The van der Waals surface area contributed by atoms with Crippen molar-refractivity contribution in [1.82, 2.24) is 4.98 Å². The van der Waals surface area contributed by atoms with Crippen LogP contribution >= 0.6 is 11.3 Å². The van der Waals surface area contributed by atoms with E-state index in [-0.39, 0.29) is 5.69 Å². The molecule has 0 saturated heterocycles. The number of hydrogen-bond acceptors (Lipinski definition) is 5. The summed E-state index contributed by atoms with van der Waals surface area (Å²) in [6.45, 7) is 0. The smallest absolute Gasteiger partial charge is 0.361 e. The first-order valence-electron chi connectivity index (χ1n) is 2.85. The predicted octanol–water partition coefficient (Wildman–Crippen LogP) is 0.938. The largest absolute Gasteiger partial charge is 0.485 e. The number of ether oxygens (including phenoxy) is 2. The Morgan fingerprint density at radius 2 is 2.36 bits per heavy atom. The number of carbonyl (C=O) groups is 1. The van der Waals surface area contributed by atoms with Crippen LogP contribution in [0.3, 0.4) is 0 Å². The molecule has 0 aromatic carbocycles. The summed E-state index contributed by atoms with van der Waals surface area (Å²) in [5, 5.41) is 0.483. The van der Waals surface area contributed by atoms with E-state index < -0.39 is 5.97 Å². The predicted molar refractivity (Wildman–Crippen MR) is 40.0 cm³/mol. The van der Waals surface area contributed by atoms with Crippen molar-refractivity contribution in [1.29, 1.82) is 0 Å². The van der Waals surface area contributed by atoms with Crippen molar-refractivity contribution < 1.29 is 14.3 Å². The van der Waals surface area contributed by atoms with Crippen molar-refractivity contribution in [3.8, 4) is 5.06 Å². The summed E-state index contributed by atoms with van der Waals surface area (Å²) in [6, 6.07) is 0. The molecule has 0 aliphatic heterocycles. The van der Waals surface area contributed by atoms with E-state index in [9.17, 15) is 4.79 Å². The Morgan fingerprint density at radius 1 is 1.64 bits per heavy atom. The quantitative estimate of drug-likeness (QED) is 0.624. The summed E-state index contributed by atoms with van der Waals surface area (Å²) in [7, 11) is 2.79. The fourth-order valence-electron chi connectivity index (χ4n) is 0.613. The normalized spacial score (nSPS) is 9.27. The van der Waals surface area contributed by atoms with Gasteiger partial charge in [-0.2, -0.15) is 0 Å². The van der Waals surface area contributed by atoms with Crippen LogP contribution in [0.25, 0.3) is 0 Å². The zero-order chi connectivity index (χ0) is 8.27. The second-order valence-corrected chi connectivity index (χ2v) is 2.50. The van der Waals surface area contributed by atoms with Gasteiger partial charge in [0.05, 0.1) is 19.7 Å². The lowest BCUT2D eigenvalue weighted by Crippen LogP contribution is -2.02. The third-order valence-electron chi connectivity index (χ3n) is 1.10. The minimum absolute atomic E-state index is 0.236. The molecule has 0 aliphatic carbocycles. The van der Waals surface area contributed by atoms with E-state index in [0.717, 1.165) is 0 Å². The summed E-state index contributed by atoms with van der Waals surface area (Å²) in [5.74, 6) is -0.469. The monoisotopic (exact) mass is 173 g/mol.